The lowest BCUT2D eigenvalue weighted by Crippen LogP contribution is -2.37. The van der Waals surface area contributed by atoms with Crippen molar-refractivity contribution in [2.75, 3.05) is 6.54 Å². The van der Waals surface area contributed by atoms with E-state index in [1.54, 1.807) is 6.92 Å². The molecule has 0 aliphatic carbocycles. The van der Waals surface area contributed by atoms with Crippen molar-refractivity contribution in [2.24, 2.45) is 5.73 Å². The van der Waals surface area contributed by atoms with Crippen LogP contribution in [0, 0.1) is 10.1 Å². The fourth-order valence-electron chi connectivity index (χ4n) is 1.73. The van der Waals surface area contributed by atoms with Gasteiger partial charge in [0.1, 0.15) is 5.75 Å². The number of carbonyl (C=O) groups is 1. The van der Waals surface area contributed by atoms with Gasteiger partial charge < -0.3 is 15.8 Å². The smallest absolute Gasteiger partial charge is 0.270 e. The van der Waals surface area contributed by atoms with Crippen molar-refractivity contribution >= 4 is 11.6 Å². The first-order chi connectivity index (χ1) is 9.99. The molecule has 7 heteroatoms. The number of non-ortho nitro benzene ring substituents is 1. The summed E-state index contributed by atoms with van der Waals surface area (Å²) in [6.45, 7) is 4.37. The number of nitrogens with zero attached hydrogens (tertiary/aromatic N) is 1. The van der Waals surface area contributed by atoms with E-state index >= 15 is 0 Å². The van der Waals surface area contributed by atoms with E-state index in [9.17, 15) is 14.9 Å². The van der Waals surface area contributed by atoms with Gasteiger partial charge in [-0.2, -0.15) is 0 Å². The van der Waals surface area contributed by atoms with Gasteiger partial charge in [0.25, 0.3) is 11.6 Å². The molecule has 0 saturated carbocycles. The van der Waals surface area contributed by atoms with Gasteiger partial charge in [0.05, 0.1) is 4.92 Å². The third-order valence-electron chi connectivity index (χ3n) is 2.98. The molecule has 1 amide bonds. The van der Waals surface area contributed by atoms with Crippen molar-refractivity contribution < 1.29 is 14.5 Å². The van der Waals surface area contributed by atoms with E-state index in [0.29, 0.717) is 17.9 Å². The Morgan fingerprint density at radius 2 is 2.24 bits per heavy atom. The molecule has 21 heavy (non-hydrogen) atoms. The molecule has 0 heterocycles. The molecule has 0 fully saturated rings. The number of nitrogens with two attached hydrogens (primary N) is 1. The summed E-state index contributed by atoms with van der Waals surface area (Å²) in [6.07, 6.45) is 1.22. The zero-order valence-electron chi connectivity index (χ0n) is 12.3. The Balaban J connectivity index is 2.73. The molecular weight excluding hydrogens is 274 g/mol. The minimum absolute atomic E-state index is 0.0529. The molecule has 7 nitrogen and oxygen atoms in total. The second kappa shape index (κ2) is 8.21. The molecule has 1 aromatic rings. The first-order valence-corrected chi connectivity index (χ1v) is 6.91. The summed E-state index contributed by atoms with van der Waals surface area (Å²) in [7, 11) is 0. The third-order valence-corrected chi connectivity index (χ3v) is 2.98. The average Bonchev–Trinajstić information content (AvgIpc) is 2.47. The van der Waals surface area contributed by atoms with Gasteiger partial charge in [-0.15, -0.1) is 0 Å². The normalized spacial score (nSPS) is 11.8. The maximum atomic E-state index is 11.8. The number of amides is 1. The highest BCUT2D eigenvalue weighted by Crippen LogP contribution is 2.24. The van der Waals surface area contributed by atoms with E-state index in [2.05, 4.69) is 5.32 Å². The van der Waals surface area contributed by atoms with Crippen molar-refractivity contribution in [1.29, 1.82) is 0 Å². The number of benzene rings is 1. The fraction of sp³-hybridized carbons (Fsp3) is 0.500. The number of nitrogens with one attached hydrogen (secondary N) is 1. The standard InChI is InChI=1S/C14H21N3O4/c1-3-4-7-16-14(18)10(2)21-13-6-5-12(17(19)20)8-11(13)9-15/h5-6,8,10H,3-4,7,9,15H2,1-2H3,(H,16,18). The Bertz CT molecular complexity index is 505. The molecule has 0 aliphatic rings. The highest BCUT2D eigenvalue weighted by atomic mass is 16.6. The van der Waals surface area contributed by atoms with E-state index in [1.807, 2.05) is 6.92 Å². The quantitative estimate of drug-likeness (QED) is 0.431. The van der Waals surface area contributed by atoms with E-state index in [-0.39, 0.29) is 18.1 Å². The van der Waals surface area contributed by atoms with E-state index in [0.717, 1.165) is 12.8 Å². The lowest BCUT2D eigenvalue weighted by Gasteiger charge is -2.16. The molecule has 0 aliphatic heterocycles. The maximum absolute atomic E-state index is 11.8. The van der Waals surface area contributed by atoms with Crippen LogP contribution in [-0.2, 0) is 11.3 Å². The molecule has 1 rings (SSSR count). The van der Waals surface area contributed by atoms with Crippen LogP contribution in [0.4, 0.5) is 5.69 Å². The fourth-order valence-corrected chi connectivity index (χ4v) is 1.73. The van der Waals surface area contributed by atoms with Crippen molar-refractivity contribution in [3.63, 3.8) is 0 Å². The number of nitro groups is 1. The topological polar surface area (TPSA) is 107 Å². The van der Waals surface area contributed by atoms with Crippen molar-refractivity contribution in [3.05, 3.63) is 33.9 Å². The summed E-state index contributed by atoms with van der Waals surface area (Å²) >= 11 is 0. The van der Waals surface area contributed by atoms with Crippen LogP contribution in [0.15, 0.2) is 18.2 Å². The molecule has 1 unspecified atom stereocenters. The number of unbranched alkanes of at least 4 members (excludes halogenated alkanes) is 1. The van der Waals surface area contributed by atoms with E-state index in [4.69, 9.17) is 10.5 Å². The zero-order valence-corrected chi connectivity index (χ0v) is 12.3. The minimum atomic E-state index is -0.686. The monoisotopic (exact) mass is 295 g/mol. The minimum Gasteiger partial charge on any atom is -0.481 e. The highest BCUT2D eigenvalue weighted by molar-refractivity contribution is 5.80. The Morgan fingerprint density at radius 1 is 1.52 bits per heavy atom. The van der Waals surface area contributed by atoms with Crippen molar-refractivity contribution in [3.8, 4) is 5.75 Å². The first kappa shape index (κ1) is 16.9. The second-order valence-corrected chi connectivity index (χ2v) is 4.66. The van der Waals surface area contributed by atoms with Crippen LogP contribution >= 0.6 is 0 Å². The zero-order chi connectivity index (χ0) is 15.8. The van der Waals surface area contributed by atoms with Crippen LogP contribution in [-0.4, -0.2) is 23.5 Å². The molecule has 116 valence electrons. The summed E-state index contributed by atoms with van der Waals surface area (Å²) in [6, 6.07) is 4.16. The van der Waals surface area contributed by atoms with Crippen LogP contribution in [0.1, 0.15) is 32.3 Å². The van der Waals surface area contributed by atoms with Crippen LogP contribution in [0.5, 0.6) is 5.75 Å². The summed E-state index contributed by atoms with van der Waals surface area (Å²) < 4.78 is 5.55. The lowest BCUT2D eigenvalue weighted by molar-refractivity contribution is -0.384. The maximum Gasteiger partial charge on any atom is 0.270 e. The summed E-state index contributed by atoms with van der Waals surface area (Å²) in [5.41, 5.74) is 6.01. The van der Waals surface area contributed by atoms with Crippen molar-refractivity contribution in [1.82, 2.24) is 5.32 Å². The van der Waals surface area contributed by atoms with Crippen molar-refractivity contribution in [2.45, 2.75) is 39.3 Å². The predicted molar refractivity (Wildman–Crippen MR) is 79.0 cm³/mol. The van der Waals surface area contributed by atoms with Crippen LogP contribution in [0.2, 0.25) is 0 Å². The summed E-state index contributed by atoms with van der Waals surface area (Å²) in [5.74, 6) is 0.172. The van der Waals surface area contributed by atoms with E-state index in [1.165, 1.54) is 18.2 Å². The van der Waals surface area contributed by atoms with Gasteiger partial charge in [-0.1, -0.05) is 13.3 Å². The van der Waals surface area contributed by atoms with Gasteiger partial charge in [-0.25, -0.2) is 0 Å². The summed E-state index contributed by atoms with van der Waals surface area (Å²) in [5, 5.41) is 13.5. The number of hydrogen-bond acceptors (Lipinski definition) is 5. The van der Waals surface area contributed by atoms with Crippen LogP contribution in [0.3, 0.4) is 0 Å². The van der Waals surface area contributed by atoms with Crippen LogP contribution in [0.25, 0.3) is 0 Å². The number of nitro benzene ring substituents is 1. The average molecular weight is 295 g/mol. The molecule has 3 N–H and O–H groups in total. The molecule has 0 aromatic heterocycles. The Hall–Kier alpha value is -2.15. The van der Waals surface area contributed by atoms with E-state index < -0.39 is 11.0 Å². The van der Waals surface area contributed by atoms with Gasteiger partial charge >= 0.3 is 0 Å². The summed E-state index contributed by atoms with van der Waals surface area (Å²) in [4.78, 5) is 22.0. The molecular formula is C14H21N3O4. The van der Waals surface area contributed by atoms with Gasteiger partial charge in [0, 0.05) is 30.8 Å². The highest BCUT2D eigenvalue weighted by Gasteiger charge is 2.17. The van der Waals surface area contributed by atoms with Gasteiger partial charge in [0.2, 0.25) is 0 Å². The van der Waals surface area contributed by atoms with Crippen LogP contribution < -0.4 is 15.8 Å². The Kier molecular flexibility index (Phi) is 6.61. The first-order valence-electron chi connectivity index (χ1n) is 6.91. The number of rotatable bonds is 8. The second-order valence-electron chi connectivity index (χ2n) is 4.66. The molecule has 0 saturated heterocycles. The molecule has 1 aromatic carbocycles. The lowest BCUT2D eigenvalue weighted by atomic mass is 10.1. The molecule has 0 radical (unpaired) electrons. The van der Waals surface area contributed by atoms with Gasteiger partial charge in [-0.3, -0.25) is 14.9 Å². The van der Waals surface area contributed by atoms with Gasteiger partial charge in [0.15, 0.2) is 6.10 Å². The third kappa shape index (κ3) is 5.03. The predicted octanol–water partition coefficient (Wildman–Crippen LogP) is 1.74. The SMILES string of the molecule is CCCCNC(=O)C(C)Oc1ccc([N+](=O)[O-])cc1CN. The molecule has 1 atom stereocenters. The Morgan fingerprint density at radius 3 is 2.81 bits per heavy atom. The number of hydrogen-bond donors (Lipinski definition) is 2. The number of ether oxygens (including phenoxy) is 1. The van der Waals surface area contributed by atoms with Gasteiger partial charge in [-0.05, 0) is 19.4 Å². The largest absolute Gasteiger partial charge is 0.481 e. The molecule has 0 spiro atoms. The number of carbonyl (C=O) groups excluding carboxylic acids is 1. The Labute approximate surface area is 123 Å². The molecule has 0 bridgehead atoms.